The fraction of sp³-hybridized carbons (Fsp3) is 0.923. The van der Waals surface area contributed by atoms with Gasteiger partial charge in [-0.15, -0.1) is 0 Å². The predicted molar refractivity (Wildman–Crippen MR) is 70.3 cm³/mol. The van der Waals surface area contributed by atoms with Gasteiger partial charge in [0.05, 0.1) is 25.4 Å². The molecule has 2 unspecified atom stereocenters. The molecule has 0 aromatic rings. The lowest BCUT2D eigenvalue weighted by Crippen LogP contribution is -2.49. The Morgan fingerprint density at radius 2 is 2.11 bits per heavy atom. The minimum absolute atomic E-state index is 0.241. The lowest BCUT2D eigenvalue weighted by atomic mass is 9.99. The number of amides is 1. The van der Waals surface area contributed by atoms with Gasteiger partial charge in [-0.3, -0.25) is 15.0 Å². The van der Waals surface area contributed by atoms with Crippen LogP contribution in [0.15, 0.2) is 0 Å². The molecule has 5 heteroatoms. The molecule has 18 heavy (non-hydrogen) atoms. The fourth-order valence-corrected chi connectivity index (χ4v) is 2.61. The molecule has 0 aromatic heterocycles. The van der Waals surface area contributed by atoms with Crippen molar-refractivity contribution < 1.29 is 9.53 Å². The zero-order chi connectivity index (χ0) is 13.2. The molecular formula is C13H25N3O2. The second-order valence-corrected chi connectivity index (χ2v) is 5.56. The van der Waals surface area contributed by atoms with E-state index >= 15 is 0 Å². The van der Waals surface area contributed by atoms with Crippen molar-refractivity contribution in [3.05, 3.63) is 0 Å². The maximum absolute atomic E-state index is 12.4. The molecule has 0 saturated carbocycles. The number of morpholine rings is 1. The van der Waals surface area contributed by atoms with Crippen LogP contribution >= 0.6 is 0 Å². The maximum Gasteiger partial charge on any atom is 0.243 e. The fourth-order valence-electron chi connectivity index (χ4n) is 2.61. The second kappa shape index (κ2) is 5.55. The monoisotopic (exact) mass is 255 g/mol. The van der Waals surface area contributed by atoms with Crippen LogP contribution in [0, 0.1) is 0 Å². The highest BCUT2D eigenvalue weighted by Gasteiger charge is 2.42. The van der Waals surface area contributed by atoms with Gasteiger partial charge in [0, 0.05) is 25.7 Å². The number of ether oxygens (including phenoxy) is 1. The standard InChI is InChI=1S/C13H25N3O2/c1-4-13(3)12(17)16(10-14-13)11(2)9-15-5-7-18-8-6-15/h11,14H,4-10H2,1-3H3. The van der Waals surface area contributed by atoms with Gasteiger partial charge in [0.25, 0.3) is 0 Å². The van der Waals surface area contributed by atoms with Crippen molar-refractivity contribution in [1.82, 2.24) is 15.1 Å². The smallest absolute Gasteiger partial charge is 0.243 e. The first kappa shape index (κ1) is 13.8. The molecule has 0 bridgehead atoms. The topological polar surface area (TPSA) is 44.8 Å². The summed E-state index contributed by atoms with van der Waals surface area (Å²) in [6, 6.07) is 0.261. The Morgan fingerprint density at radius 3 is 2.67 bits per heavy atom. The second-order valence-electron chi connectivity index (χ2n) is 5.56. The van der Waals surface area contributed by atoms with Crippen molar-refractivity contribution in [2.24, 2.45) is 0 Å². The van der Waals surface area contributed by atoms with Gasteiger partial charge in [0.2, 0.25) is 5.91 Å². The van der Waals surface area contributed by atoms with Crippen LogP contribution in [-0.2, 0) is 9.53 Å². The molecule has 0 aromatic carbocycles. The highest BCUT2D eigenvalue weighted by Crippen LogP contribution is 2.21. The Kier molecular flexibility index (Phi) is 4.25. The van der Waals surface area contributed by atoms with E-state index in [2.05, 4.69) is 24.1 Å². The molecule has 2 saturated heterocycles. The van der Waals surface area contributed by atoms with Gasteiger partial charge >= 0.3 is 0 Å². The Hall–Kier alpha value is -0.650. The van der Waals surface area contributed by atoms with Crippen LogP contribution in [0.25, 0.3) is 0 Å². The molecule has 2 fully saturated rings. The van der Waals surface area contributed by atoms with Gasteiger partial charge < -0.3 is 9.64 Å². The average Bonchev–Trinajstić information content (AvgIpc) is 2.68. The molecule has 104 valence electrons. The van der Waals surface area contributed by atoms with E-state index in [1.165, 1.54) is 0 Å². The number of nitrogens with zero attached hydrogens (tertiary/aromatic N) is 2. The molecule has 0 radical (unpaired) electrons. The minimum Gasteiger partial charge on any atom is -0.379 e. The summed E-state index contributed by atoms with van der Waals surface area (Å²) in [7, 11) is 0. The number of hydrogen-bond acceptors (Lipinski definition) is 4. The van der Waals surface area contributed by atoms with Gasteiger partial charge in [-0.2, -0.15) is 0 Å². The lowest BCUT2D eigenvalue weighted by Gasteiger charge is -2.33. The first-order chi connectivity index (χ1) is 8.57. The summed E-state index contributed by atoms with van der Waals surface area (Å²) in [4.78, 5) is 16.7. The molecular weight excluding hydrogens is 230 g/mol. The van der Waals surface area contributed by atoms with Crippen LogP contribution in [0.3, 0.4) is 0 Å². The minimum atomic E-state index is -0.362. The Bertz CT molecular complexity index is 305. The van der Waals surface area contributed by atoms with Gasteiger partial charge in [0.1, 0.15) is 0 Å². The van der Waals surface area contributed by atoms with Crippen LogP contribution in [0.5, 0.6) is 0 Å². The van der Waals surface area contributed by atoms with E-state index in [-0.39, 0.29) is 17.5 Å². The summed E-state index contributed by atoms with van der Waals surface area (Å²) in [5.74, 6) is 0.241. The Morgan fingerprint density at radius 1 is 1.44 bits per heavy atom. The molecule has 2 aliphatic heterocycles. The molecule has 2 aliphatic rings. The molecule has 1 N–H and O–H groups in total. The first-order valence-corrected chi connectivity index (χ1v) is 6.93. The third-order valence-electron chi connectivity index (χ3n) is 4.24. The van der Waals surface area contributed by atoms with Crippen LogP contribution in [0.2, 0.25) is 0 Å². The molecule has 2 atom stereocenters. The highest BCUT2D eigenvalue weighted by molar-refractivity contribution is 5.88. The Labute approximate surface area is 109 Å². The molecule has 5 nitrogen and oxygen atoms in total. The summed E-state index contributed by atoms with van der Waals surface area (Å²) in [6.07, 6.45) is 0.840. The molecule has 2 rings (SSSR count). The molecule has 0 spiro atoms. The summed E-state index contributed by atoms with van der Waals surface area (Å²) >= 11 is 0. The summed E-state index contributed by atoms with van der Waals surface area (Å²) in [6.45, 7) is 11.4. The number of carbonyl (C=O) groups excluding carboxylic acids is 1. The van der Waals surface area contributed by atoms with Crippen molar-refractivity contribution in [2.75, 3.05) is 39.5 Å². The van der Waals surface area contributed by atoms with Crippen molar-refractivity contribution in [1.29, 1.82) is 0 Å². The van der Waals surface area contributed by atoms with Crippen LogP contribution in [0.1, 0.15) is 27.2 Å². The highest BCUT2D eigenvalue weighted by atomic mass is 16.5. The summed E-state index contributed by atoms with van der Waals surface area (Å²) < 4.78 is 5.34. The molecule has 0 aliphatic carbocycles. The van der Waals surface area contributed by atoms with Gasteiger partial charge in [-0.25, -0.2) is 0 Å². The first-order valence-electron chi connectivity index (χ1n) is 6.93. The predicted octanol–water partition coefficient (Wildman–Crippen LogP) is 0.265. The number of nitrogens with one attached hydrogen (secondary N) is 1. The van der Waals surface area contributed by atoms with Crippen molar-refractivity contribution in [2.45, 2.75) is 38.8 Å². The summed E-state index contributed by atoms with van der Waals surface area (Å²) in [5.41, 5.74) is -0.362. The van der Waals surface area contributed by atoms with E-state index in [1.54, 1.807) is 0 Å². The normalized spacial score (nSPS) is 31.9. The van der Waals surface area contributed by atoms with E-state index in [4.69, 9.17) is 4.74 Å². The van der Waals surface area contributed by atoms with Gasteiger partial charge in [0.15, 0.2) is 0 Å². The largest absolute Gasteiger partial charge is 0.379 e. The Balaban J connectivity index is 1.89. The molecule has 1 amide bonds. The van der Waals surface area contributed by atoms with Crippen LogP contribution in [0.4, 0.5) is 0 Å². The third kappa shape index (κ3) is 2.68. The van der Waals surface area contributed by atoms with E-state index < -0.39 is 0 Å². The maximum atomic E-state index is 12.4. The van der Waals surface area contributed by atoms with Crippen molar-refractivity contribution >= 4 is 5.91 Å². The van der Waals surface area contributed by atoms with E-state index in [1.807, 2.05) is 11.8 Å². The SMILES string of the molecule is CCC1(C)NCN(C(C)CN2CCOCC2)C1=O. The van der Waals surface area contributed by atoms with Gasteiger partial charge in [-0.05, 0) is 20.3 Å². The number of carbonyl (C=O) groups is 1. The zero-order valence-corrected chi connectivity index (χ0v) is 11.7. The summed E-state index contributed by atoms with van der Waals surface area (Å²) in [5, 5.41) is 3.33. The number of hydrogen-bond donors (Lipinski definition) is 1. The molecule has 2 heterocycles. The number of rotatable bonds is 4. The third-order valence-corrected chi connectivity index (χ3v) is 4.24. The van der Waals surface area contributed by atoms with Crippen LogP contribution < -0.4 is 5.32 Å². The van der Waals surface area contributed by atoms with E-state index in [0.717, 1.165) is 39.3 Å². The van der Waals surface area contributed by atoms with E-state index in [0.29, 0.717) is 6.67 Å². The lowest BCUT2D eigenvalue weighted by molar-refractivity contribution is -0.134. The van der Waals surface area contributed by atoms with Gasteiger partial charge in [-0.1, -0.05) is 6.92 Å². The van der Waals surface area contributed by atoms with Crippen LogP contribution in [-0.4, -0.2) is 66.8 Å². The zero-order valence-electron chi connectivity index (χ0n) is 11.7. The quantitative estimate of drug-likeness (QED) is 0.783. The van der Waals surface area contributed by atoms with Crippen molar-refractivity contribution in [3.63, 3.8) is 0 Å². The van der Waals surface area contributed by atoms with E-state index in [9.17, 15) is 4.79 Å². The van der Waals surface area contributed by atoms with Crippen molar-refractivity contribution in [3.8, 4) is 0 Å². The average molecular weight is 255 g/mol.